The van der Waals surface area contributed by atoms with Crippen molar-refractivity contribution in [2.24, 2.45) is 0 Å². The Morgan fingerprint density at radius 2 is 1.88 bits per heavy atom. The van der Waals surface area contributed by atoms with E-state index in [1.165, 1.54) is 4.90 Å². The molecule has 10 nitrogen and oxygen atoms in total. The Balaban J connectivity index is 1.54. The van der Waals surface area contributed by atoms with Crippen molar-refractivity contribution >= 4 is 28.1 Å². The van der Waals surface area contributed by atoms with Crippen LogP contribution in [0.5, 0.6) is 0 Å². The van der Waals surface area contributed by atoms with Crippen LogP contribution in [0.25, 0.3) is 0 Å². The maximum atomic E-state index is 13.3. The van der Waals surface area contributed by atoms with Crippen molar-refractivity contribution < 1.29 is 27.7 Å². The number of sulfonamides is 1. The van der Waals surface area contributed by atoms with Crippen LogP contribution in [-0.2, 0) is 26.2 Å². The summed E-state index contributed by atoms with van der Waals surface area (Å²) in [5, 5.41) is 10.9. The number of non-ortho nitro benzene ring substituents is 1. The van der Waals surface area contributed by atoms with Gasteiger partial charge in [0.25, 0.3) is 5.69 Å². The molecule has 11 heteroatoms. The number of aldehydes is 1. The van der Waals surface area contributed by atoms with Crippen LogP contribution >= 0.6 is 0 Å². The largest absolute Gasteiger partial charge is 0.445 e. The number of ether oxygens (including phenoxy) is 1. The van der Waals surface area contributed by atoms with Gasteiger partial charge in [-0.2, -0.15) is 4.31 Å². The van der Waals surface area contributed by atoms with Crippen molar-refractivity contribution in [1.29, 1.82) is 0 Å². The third-order valence-corrected chi connectivity index (χ3v) is 7.91. The minimum Gasteiger partial charge on any atom is -0.445 e. The highest BCUT2D eigenvalue weighted by Gasteiger charge is 2.58. The monoisotopic (exact) mass is 459 g/mol. The molecular formula is C21H21N3O7S. The molecule has 2 aliphatic heterocycles. The van der Waals surface area contributed by atoms with E-state index in [-0.39, 0.29) is 36.7 Å². The lowest BCUT2D eigenvalue weighted by Gasteiger charge is -2.44. The van der Waals surface area contributed by atoms with Gasteiger partial charge in [0.1, 0.15) is 18.4 Å². The van der Waals surface area contributed by atoms with Gasteiger partial charge >= 0.3 is 6.09 Å². The summed E-state index contributed by atoms with van der Waals surface area (Å²) in [6.45, 7) is 0.0436. The van der Waals surface area contributed by atoms with Gasteiger partial charge in [-0.3, -0.25) is 10.1 Å². The highest BCUT2D eigenvalue weighted by atomic mass is 32.2. The Morgan fingerprint density at radius 1 is 1.19 bits per heavy atom. The molecule has 2 bridgehead atoms. The van der Waals surface area contributed by atoms with Gasteiger partial charge in [0.05, 0.1) is 16.4 Å². The molecule has 0 aliphatic carbocycles. The van der Waals surface area contributed by atoms with Gasteiger partial charge < -0.3 is 14.4 Å². The lowest BCUT2D eigenvalue weighted by atomic mass is 9.99. The van der Waals surface area contributed by atoms with Gasteiger partial charge in [-0.15, -0.1) is 0 Å². The number of nitrogens with zero attached hydrogens (tertiary/aromatic N) is 3. The number of rotatable bonds is 6. The van der Waals surface area contributed by atoms with E-state index < -0.39 is 32.6 Å². The highest BCUT2D eigenvalue weighted by molar-refractivity contribution is 7.89. The van der Waals surface area contributed by atoms with Gasteiger partial charge in [0, 0.05) is 24.7 Å². The molecular weight excluding hydrogens is 438 g/mol. The first-order valence-corrected chi connectivity index (χ1v) is 11.4. The van der Waals surface area contributed by atoms with Gasteiger partial charge in [-0.05, 0) is 30.5 Å². The van der Waals surface area contributed by atoms with Crippen LogP contribution < -0.4 is 0 Å². The highest BCUT2D eigenvalue weighted by Crippen LogP contribution is 2.42. The molecule has 0 radical (unpaired) electrons. The standard InChI is InChI=1S/C21H21N3O7S/c25-15-21-11-10-18(12-22(14-21)20(26)31-13-16-4-2-1-3-5-16)23(21)32(29,30)19-8-6-17(7-9-19)24(27)28/h1-9,15,18H,10-14H2. The van der Waals surface area contributed by atoms with E-state index in [4.69, 9.17) is 4.74 Å². The molecule has 1 amide bonds. The van der Waals surface area contributed by atoms with Crippen LogP contribution in [-0.4, -0.2) is 59.6 Å². The number of hydrogen-bond acceptors (Lipinski definition) is 7. The Morgan fingerprint density at radius 3 is 2.50 bits per heavy atom. The molecule has 2 aliphatic rings. The first-order valence-electron chi connectivity index (χ1n) is 9.98. The first-order chi connectivity index (χ1) is 15.3. The number of hydrogen-bond donors (Lipinski definition) is 0. The summed E-state index contributed by atoms with van der Waals surface area (Å²) >= 11 is 0. The number of benzene rings is 2. The van der Waals surface area contributed by atoms with E-state index in [1.54, 1.807) is 0 Å². The van der Waals surface area contributed by atoms with Crippen molar-refractivity contribution in [3.05, 3.63) is 70.3 Å². The Kier molecular flexibility index (Phi) is 5.70. The smallest absolute Gasteiger partial charge is 0.410 e. The van der Waals surface area contributed by atoms with Crippen molar-refractivity contribution in [2.45, 2.75) is 35.9 Å². The quantitative estimate of drug-likeness (QED) is 0.368. The number of nitro groups is 1. The minimum absolute atomic E-state index is 0.0692. The number of likely N-dealkylation sites (tertiary alicyclic amines) is 1. The van der Waals surface area contributed by atoms with Crippen LogP contribution in [0, 0.1) is 10.1 Å². The average molecular weight is 459 g/mol. The number of carbonyl (C=O) groups excluding carboxylic acids is 2. The van der Waals surface area contributed by atoms with E-state index in [1.807, 2.05) is 30.3 Å². The minimum atomic E-state index is -4.11. The van der Waals surface area contributed by atoms with Crippen LogP contribution in [0.15, 0.2) is 59.5 Å². The summed E-state index contributed by atoms with van der Waals surface area (Å²) in [4.78, 5) is 36.3. The summed E-state index contributed by atoms with van der Waals surface area (Å²) in [7, 11) is -4.11. The average Bonchev–Trinajstić information content (AvgIpc) is 3.06. The van der Waals surface area contributed by atoms with Crippen LogP contribution in [0.2, 0.25) is 0 Å². The second-order valence-corrected chi connectivity index (χ2v) is 9.70. The van der Waals surface area contributed by atoms with Crippen molar-refractivity contribution in [1.82, 2.24) is 9.21 Å². The topological polar surface area (TPSA) is 127 Å². The fourth-order valence-corrected chi connectivity index (χ4v) is 6.30. The maximum Gasteiger partial charge on any atom is 0.410 e. The van der Waals surface area contributed by atoms with E-state index >= 15 is 0 Å². The molecule has 0 saturated carbocycles. The normalized spacial score (nSPS) is 23.0. The summed E-state index contributed by atoms with van der Waals surface area (Å²) < 4.78 is 33.2. The second-order valence-electron chi connectivity index (χ2n) is 7.89. The molecule has 2 fully saturated rings. The lowest BCUT2D eigenvalue weighted by molar-refractivity contribution is -0.384. The van der Waals surface area contributed by atoms with Gasteiger partial charge in [-0.1, -0.05) is 30.3 Å². The molecule has 2 heterocycles. The molecule has 2 aromatic rings. The predicted octanol–water partition coefficient (Wildman–Crippen LogP) is 2.34. The number of fused-ring (bicyclic) bond motifs is 2. The third-order valence-electron chi connectivity index (χ3n) is 5.86. The SMILES string of the molecule is O=CC12CCC(CN(C(=O)OCc3ccccc3)C1)N2S(=O)(=O)c1ccc([N+](=O)[O-])cc1. The zero-order valence-corrected chi connectivity index (χ0v) is 17.8. The summed E-state index contributed by atoms with van der Waals surface area (Å²) in [5.74, 6) is 0. The molecule has 0 N–H and O–H groups in total. The molecule has 0 spiro atoms. The summed E-state index contributed by atoms with van der Waals surface area (Å²) in [5.41, 5.74) is -0.828. The molecule has 2 aromatic carbocycles. The van der Waals surface area contributed by atoms with Crippen molar-refractivity contribution in [3.8, 4) is 0 Å². The maximum absolute atomic E-state index is 13.3. The molecule has 2 unspecified atom stereocenters. The lowest BCUT2D eigenvalue weighted by Crippen LogP contribution is -2.64. The Labute approximate surface area is 184 Å². The third kappa shape index (κ3) is 3.84. The van der Waals surface area contributed by atoms with Gasteiger partial charge in [-0.25, -0.2) is 13.2 Å². The Hall–Kier alpha value is -3.31. The first kappa shape index (κ1) is 21.9. The number of piperazine rings is 1. The van der Waals surface area contributed by atoms with Crippen LogP contribution in [0.4, 0.5) is 10.5 Å². The summed E-state index contributed by atoms with van der Waals surface area (Å²) in [6.07, 6.45) is 0.648. The van der Waals surface area contributed by atoms with Crippen molar-refractivity contribution in [3.63, 3.8) is 0 Å². The molecule has 2 saturated heterocycles. The van der Waals surface area contributed by atoms with Crippen molar-refractivity contribution in [2.75, 3.05) is 13.1 Å². The zero-order chi connectivity index (χ0) is 22.9. The fourth-order valence-electron chi connectivity index (χ4n) is 4.36. The van der Waals surface area contributed by atoms with Gasteiger partial charge in [0.2, 0.25) is 10.0 Å². The van der Waals surface area contributed by atoms with E-state index in [2.05, 4.69) is 0 Å². The molecule has 4 rings (SSSR count). The van der Waals surface area contributed by atoms with E-state index in [0.29, 0.717) is 12.7 Å². The molecule has 0 aromatic heterocycles. The second kappa shape index (κ2) is 8.32. The van der Waals surface area contributed by atoms with E-state index in [9.17, 15) is 28.1 Å². The molecule has 2 atom stereocenters. The van der Waals surface area contributed by atoms with Gasteiger partial charge in [0.15, 0.2) is 0 Å². The number of carbonyl (C=O) groups is 2. The molecule has 168 valence electrons. The summed E-state index contributed by atoms with van der Waals surface area (Å²) in [6, 6.07) is 13.1. The predicted molar refractivity (Wildman–Crippen MR) is 112 cm³/mol. The van der Waals surface area contributed by atoms with Crippen LogP contribution in [0.3, 0.4) is 0 Å². The fraction of sp³-hybridized carbons (Fsp3) is 0.333. The van der Waals surface area contributed by atoms with E-state index in [0.717, 1.165) is 34.1 Å². The molecule has 32 heavy (non-hydrogen) atoms. The number of nitro benzene ring substituents is 1. The Bertz CT molecular complexity index is 1140. The number of amides is 1. The van der Waals surface area contributed by atoms with Crippen LogP contribution in [0.1, 0.15) is 18.4 Å². The zero-order valence-electron chi connectivity index (χ0n) is 17.0.